The Morgan fingerprint density at radius 1 is 1.73 bits per heavy atom. The molecule has 2 rings (SSSR count). The van der Waals surface area contributed by atoms with E-state index >= 15 is 0 Å². The van der Waals surface area contributed by atoms with Crippen LogP contribution in [0.25, 0.3) is 0 Å². The first-order valence-corrected chi connectivity index (χ1v) is 4.03. The molecule has 0 spiro atoms. The summed E-state index contributed by atoms with van der Waals surface area (Å²) in [6.07, 6.45) is 3.08. The molecular weight excluding hydrogens is 164 g/mol. The molecule has 0 aliphatic carbocycles. The number of aliphatic hydroxyl groups is 1. The van der Waals surface area contributed by atoms with Gasteiger partial charge in [0.15, 0.2) is 0 Å². The van der Waals surface area contributed by atoms with E-state index in [0.29, 0.717) is 11.7 Å². The molecule has 1 aliphatic heterocycles. The minimum absolute atomic E-state index is 0.229. The number of hydrogen-bond acceptors (Lipinski definition) is 2. The van der Waals surface area contributed by atoms with Crippen molar-refractivity contribution in [2.45, 2.75) is 25.5 Å². The van der Waals surface area contributed by atoms with E-state index in [4.69, 9.17) is 11.6 Å². The van der Waals surface area contributed by atoms with Crippen molar-refractivity contribution in [2.75, 3.05) is 0 Å². The van der Waals surface area contributed by atoms with E-state index in [2.05, 4.69) is 4.98 Å². The molecular formula is C7H9ClN2O. The predicted molar refractivity (Wildman–Crippen MR) is 41.6 cm³/mol. The summed E-state index contributed by atoms with van der Waals surface area (Å²) in [5, 5.41) is 9.85. The van der Waals surface area contributed by atoms with Gasteiger partial charge in [-0.3, -0.25) is 0 Å². The zero-order valence-corrected chi connectivity index (χ0v) is 6.75. The molecule has 0 aromatic carbocycles. The predicted octanol–water partition coefficient (Wildman–Crippen LogP) is 0.844. The average molecular weight is 173 g/mol. The van der Waals surface area contributed by atoms with Gasteiger partial charge >= 0.3 is 0 Å². The summed E-state index contributed by atoms with van der Waals surface area (Å²) in [6.45, 7) is 0.634. The lowest BCUT2D eigenvalue weighted by atomic mass is 10.1. The van der Waals surface area contributed by atoms with E-state index in [0.717, 1.165) is 18.5 Å². The lowest BCUT2D eigenvalue weighted by Gasteiger charge is -2.19. The van der Waals surface area contributed by atoms with Crippen molar-refractivity contribution in [2.24, 2.45) is 0 Å². The molecule has 0 amide bonds. The van der Waals surface area contributed by atoms with Gasteiger partial charge in [-0.1, -0.05) is 11.6 Å². The van der Waals surface area contributed by atoms with Crippen molar-refractivity contribution >= 4 is 11.6 Å². The average Bonchev–Trinajstić information content (AvgIpc) is 2.32. The van der Waals surface area contributed by atoms with Crippen LogP contribution < -0.4 is 0 Å². The lowest BCUT2D eigenvalue weighted by Crippen LogP contribution is -2.23. The van der Waals surface area contributed by atoms with Gasteiger partial charge in [0, 0.05) is 6.54 Å². The molecule has 0 bridgehead atoms. The molecule has 60 valence electrons. The van der Waals surface area contributed by atoms with Crippen LogP contribution in [-0.2, 0) is 13.0 Å². The van der Waals surface area contributed by atoms with Crippen molar-refractivity contribution in [3.8, 4) is 0 Å². The van der Waals surface area contributed by atoms with Gasteiger partial charge in [-0.15, -0.1) is 0 Å². The summed E-state index contributed by atoms with van der Waals surface area (Å²) in [7, 11) is 0. The van der Waals surface area contributed by atoms with Crippen LogP contribution in [0, 0.1) is 0 Å². The fourth-order valence-electron chi connectivity index (χ4n) is 1.41. The molecule has 1 N–H and O–H groups in total. The van der Waals surface area contributed by atoms with E-state index in [-0.39, 0.29) is 6.10 Å². The van der Waals surface area contributed by atoms with Gasteiger partial charge in [-0.25, -0.2) is 4.98 Å². The highest BCUT2D eigenvalue weighted by Gasteiger charge is 2.18. The molecule has 1 aliphatic rings. The molecule has 0 fully saturated rings. The van der Waals surface area contributed by atoms with Crippen LogP contribution in [0.3, 0.4) is 0 Å². The van der Waals surface area contributed by atoms with Crippen LogP contribution in [0.5, 0.6) is 0 Å². The highest BCUT2D eigenvalue weighted by Crippen LogP contribution is 2.21. The number of imidazole rings is 1. The second-order valence-corrected chi connectivity index (χ2v) is 3.18. The smallest absolute Gasteiger partial charge is 0.150 e. The Hall–Kier alpha value is -0.540. The molecule has 3 nitrogen and oxygen atoms in total. The molecule has 1 aromatic heterocycles. The Labute approximate surface area is 69.6 Å². The van der Waals surface area contributed by atoms with Gasteiger partial charge < -0.3 is 9.67 Å². The summed E-state index contributed by atoms with van der Waals surface area (Å²) >= 11 is 5.79. The van der Waals surface area contributed by atoms with Crippen LogP contribution in [-0.4, -0.2) is 20.8 Å². The third kappa shape index (κ3) is 1.14. The fourth-order valence-corrected chi connectivity index (χ4v) is 1.66. The first-order valence-electron chi connectivity index (χ1n) is 3.65. The van der Waals surface area contributed by atoms with E-state index in [1.165, 1.54) is 0 Å². The number of halogens is 1. The Morgan fingerprint density at radius 3 is 3.36 bits per heavy atom. The van der Waals surface area contributed by atoms with Gasteiger partial charge in [-0.2, -0.15) is 0 Å². The maximum Gasteiger partial charge on any atom is 0.150 e. The third-order valence-corrected chi connectivity index (χ3v) is 2.33. The molecule has 1 atom stereocenters. The van der Waals surface area contributed by atoms with E-state index in [1.54, 1.807) is 6.33 Å². The molecule has 0 saturated carbocycles. The van der Waals surface area contributed by atoms with E-state index in [9.17, 15) is 5.11 Å². The Balaban J connectivity index is 2.36. The maximum absolute atomic E-state index is 9.27. The highest BCUT2D eigenvalue weighted by atomic mass is 35.5. The maximum atomic E-state index is 9.27. The SMILES string of the molecule is OC1CCc2c(Cl)ncn2C1. The Bertz CT molecular complexity index is 271. The Morgan fingerprint density at radius 2 is 2.55 bits per heavy atom. The topological polar surface area (TPSA) is 38.1 Å². The summed E-state index contributed by atoms with van der Waals surface area (Å²) in [6, 6.07) is 0. The number of rotatable bonds is 0. The zero-order valence-electron chi connectivity index (χ0n) is 6.00. The summed E-state index contributed by atoms with van der Waals surface area (Å²) in [5.41, 5.74) is 1.05. The van der Waals surface area contributed by atoms with Crippen LogP contribution in [0.15, 0.2) is 6.33 Å². The minimum atomic E-state index is -0.229. The third-order valence-electron chi connectivity index (χ3n) is 2.02. The number of aliphatic hydroxyl groups excluding tert-OH is 1. The molecule has 11 heavy (non-hydrogen) atoms. The quantitative estimate of drug-likeness (QED) is 0.630. The number of fused-ring (bicyclic) bond motifs is 1. The molecule has 0 radical (unpaired) electrons. The molecule has 1 unspecified atom stereocenters. The number of hydrogen-bond donors (Lipinski definition) is 1. The van der Waals surface area contributed by atoms with Crippen molar-refractivity contribution in [3.05, 3.63) is 17.2 Å². The largest absolute Gasteiger partial charge is 0.391 e. The van der Waals surface area contributed by atoms with Crippen molar-refractivity contribution < 1.29 is 5.11 Å². The van der Waals surface area contributed by atoms with Gasteiger partial charge in [0.2, 0.25) is 0 Å². The van der Waals surface area contributed by atoms with Crippen LogP contribution in [0.2, 0.25) is 5.15 Å². The lowest BCUT2D eigenvalue weighted by molar-refractivity contribution is 0.131. The molecule has 0 saturated heterocycles. The normalized spacial score (nSPS) is 23.3. The summed E-state index contributed by atoms with van der Waals surface area (Å²) < 4.78 is 1.91. The highest BCUT2D eigenvalue weighted by molar-refractivity contribution is 6.30. The van der Waals surface area contributed by atoms with Gasteiger partial charge in [0.25, 0.3) is 0 Å². The van der Waals surface area contributed by atoms with Crippen LogP contribution >= 0.6 is 11.6 Å². The second kappa shape index (κ2) is 2.50. The summed E-state index contributed by atoms with van der Waals surface area (Å²) in [5.74, 6) is 0. The van der Waals surface area contributed by atoms with Gasteiger partial charge in [-0.05, 0) is 12.8 Å². The fraction of sp³-hybridized carbons (Fsp3) is 0.571. The number of aromatic nitrogens is 2. The first kappa shape index (κ1) is 7.13. The van der Waals surface area contributed by atoms with Gasteiger partial charge in [0.05, 0.1) is 18.1 Å². The Kier molecular flexibility index (Phi) is 1.62. The van der Waals surface area contributed by atoms with Crippen molar-refractivity contribution in [1.82, 2.24) is 9.55 Å². The van der Waals surface area contributed by atoms with E-state index in [1.807, 2.05) is 4.57 Å². The summed E-state index contributed by atoms with van der Waals surface area (Å²) in [4.78, 5) is 3.95. The van der Waals surface area contributed by atoms with E-state index < -0.39 is 0 Å². The van der Waals surface area contributed by atoms with Crippen LogP contribution in [0.4, 0.5) is 0 Å². The molecule has 1 aromatic rings. The van der Waals surface area contributed by atoms with Crippen molar-refractivity contribution in [3.63, 3.8) is 0 Å². The van der Waals surface area contributed by atoms with Crippen LogP contribution in [0.1, 0.15) is 12.1 Å². The second-order valence-electron chi connectivity index (χ2n) is 2.83. The minimum Gasteiger partial charge on any atom is -0.391 e. The monoisotopic (exact) mass is 172 g/mol. The zero-order chi connectivity index (χ0) is 7.84. The van der Waals surface area contributed by atoms with Gasteiger partial charge in [0.1, 0.15) is 5.15 Å². The standard InChI is InChI=1S/C7H9ClN2O/c8-7-6-2-1-5(11)3-10(6)4-9-7/h4-5,11H,1-3H2. The van der Waals surface area contributed by atoms with Crippen molar-refractivity contribution in [1.29, 1.82) is 0 Å². The molecule has 4 heteroatoms. The number of nitrogens with zero attached hydrogens (tertiary/aromatic N) is 2. The molecule has 2 heterocycles. The first-order chi connectivity index (χ1) is 5.27.